The van der Waals surface area contributed by atoms with Gasteiger partial charge in [0.25, 0.3) is 0 Å². The first-order chi connectivity index (χ1) is 8.33. The van der Waals surface area contributed by atoms with E-state index in [9.17, 15) is 4.79 Å². The molecule has 1 saturated heterocycles. The molecule has 1 aromatic carbocycles. The molecule has 1 aromatic rings. The van der Waals surface area contributed by atoms with E-state index in [1.54, 1.807) is 0 Å². The summed E-state index contributed by atoms with van der Waals surface area (Å²) >= 11 is 2.03. The fourth-order valence-corrected chi connectivity index (χ4v) is 3.58. The van der Waals surface area contributed by atoms with Crippen molar-refractivity contribution in [2.45, 2.75) is 19.4 Å². The summed E-state index contributed by atoms with van der Waals surface area (Å²) in [6, 6.07) is 6.46. The number of thioether (sulfide) groups is 1. The van der Waals surface area contributed by atoms with Crippen LogP contribution >= 0.6 is 11.8 Å². The normalized spacial score (nSPS) is 20.6. The van der Waals surface area contributed by atoms with Crippen LogP contribution in [0.3, 0.4) is 0 Å². The van der Waals surface area contributed by atoms with E-state index in [1.807, 2.05) is 11.8 Å². The van der Waals surface area contributed by atoms with Crippen molar-refractivity contribution < 1.29 is 4.79 Å². The summed E-state index contributed by atoms with van der Waals surface area (Å²) in [6.07, 6.45) is 1.65. The Hall–Kier alpha value is -0.800. The molecule has 1 aliphatic heterocycles. The Labute approximate surface area is 106 Å². The molecule has 0 aromatic heterocycles. The van der Waals surface area contributed by atoms with Crippen molar-refractivity contribution >= 4 is 17.5 Å². The van der Waals surface area contributed by atoms with Crippen LogP contribution in [-0.2, 0) is 13.0 Å². The summed E-state index contributed by atoms with van der Waals surface area (Å²) < 4.78 is 0. The van der Waals surface area contributed by atoms with Gasteiger partial charge in [0.2, 0.25) is 0 Å². The number of benzene rings is 1. The fourth-order valence-electron chi connectivity index (χ4n) is 2.60. The second-order valence-corrected chi connectivity index (χ2v) is 6.03. The summed E-state index contributed by atoms with van der Waals surface area (Å²) in [5.41, 5.74) is 3.52. The standard InChI is InChI=1S/C14H17NOS/c16-14-4-3-12-2-1-11(9-13(12)14)10-15-5-7-17-8-6-15/h1-2,9H,3-8,10H2. The summed E-state index contributed by atoms with van der Waals surface area (Å²) in [5.74, 6) is 2.81. The molecule has 0 bridgehead atoms. The summed E-state index contributed by atoms with van der Waals surface area (Å²) in [5, 5.41) is 0. The monoisotopic (exact) mass is 247 g/mol. The molecule has 3 heteroatoms. The van der Waals surface area contributed by atoms with Crippen LogP contribution in [0.25, 0.3) is 0 Å². The van der Waals surface area contributed by atoms with Crippen LogP contribution in [0.4, 0.5) is 0 Å². The largest absolute Gasteiger partial charge is 0.297 e. The van der Waals surface area contributed by atoms with Gasteiger partial charge in [0.15, 0.2) is 5.78 Å². The minimum Gasteiger partial charge on any atom is -0.297 e. The van der Waals surface area contributed by atoms with Crippen molar-refractivity contribution in [3.8, 4) is 0 Å². The van der Waals surface area contributed by atoms with Gasteiger partial charge in [-0.05, 0) is 23.6 Å². The van der Waals surface area contributed by atoms with E-state index in [-0.39, 0.29) is 0 Å². The highest BCUT2D eigenvalue weighted by Gasteiger charge is 2.20. The second kappa shape index (κ2) is 4.83. The SMILES string of the molecule is O=C1CCc2ccc(CN3CCSCC3)cc21. The molecule has 17 heavy (non-hydrogen) atoms. The first-order valence-corrected chi connectivity index (χ1v) is 7.43. The van der Waals surface area contributed by atoms with Crippen LogP contribution in [0.5, 0.6) is 0 Å². The third-order valence-electron chi connectivity index (χ3n) is 3.61. The van der Waals surface area contributed by atoms with Gasteiger partial charge in [-0.1, -0.05) is 12.1 Å². The zero-order valence-electron chi connectivity index (χ0n) is 9.95. The number of Topliss-reactive ketones (excluding diaryl/α,β-unsaturated/α-hetero) is 1. The van der Waals surface area contributed by atoms with Crippen molar-refractivity contribution in [2.75, 3.05) is 24.6 Å². The zero-order valence-corrected chi connectivity index (χ0v) is 10.8. The van der Waals surface area contributed by atoms with Gasteiger partial charge >= 0.3 is 0 Å². The highest BCUT2D eigenvalue weighted by molar-refractivity contribution is 7.99. The highest BCUT2D eigenvalue weighted by atomic mass is 32.2. The molecule has 1 aliphatic carbocycles. The van der Waals surface area contributed by atoms with Gasteiger partial charge in [-0.2, -0.15) is 11.8 Å². The second-order valence-electron chi connectivity index (χ2n) is 4.80. The number of hydrogen-bond donors (Lipinski definition) is 0. The van der Waals surface area contributed by atoms with E-state index in [0.717, 1.165) is 18.5 Å². The van der Waals surface area contributed by atoms with Crippen LogP contribution in [-0.4, -0.2) is 35.3 Å². The smallest absolute Gasteiger partial charge is 0.163 e. The minimum atomic E-state index is 0.330. The topological polar surface area (TPSA) is 20.3 Å². The predicted octanol–water partition coefficient (Wildman–Crippen LogP) is 2.36. The maximum Gasteiger partial charge on any atom is 0.163 e. The molecule has 0 radical (unpaired) electrons. The first-order valence-electron chi connectivity index (χ1n) is 6.28. The molecule has 2 aliphatic rings. The maximum atomic E-state index is 11.7. The molecule has 2 nitrogen and oxygen atoms in total. The average molecular weight is 247 g/mol. The number of nitrogens with zero attached hydrogens (tertiary/aromatic N) is 1. The Morgan fingerprint density at radius 1 is 1.18 bits per heavy atom. The third kappa shape index (κ3) is 2.40. The fraction of sp³-hybridized carbons (Fsp3) is 0.500. The van der Waals surface area contributed by atoms with E-state index in [0.29, 0.717) is 12.2 Å². The Bertz CT molecular complexity index is 438. The van der Waals surface area contributed by atoms with Crippen molar-refractivity contribution in [3.05, 3.63) is 34.9 Å². The molecule has 0 unspecified atom stereocenters. The number of hydrogen-bond acceptors (Lipinski definition) is 3. The number of carbonyl (C=O) groups excluding carboxylic acids is 1. The van der Waals surface area contributed by atoms with Gasteiger partial charge in [-0.25, -0.2) is 0 Å². The van der Waals surface area contributed by atoms with E-state index in [1.165, 1.54) is 35.7 Å². The first kappa shape index (κ1) is 11.3. The van der Waals surface area contributed by atoms with Crippen molar-refractivity contribution in [3.63, 3.8) is 0 Å². The molecule has 1 fully saturated rings. The lowest BCUT2D eigenvalue weighted by atomic mass is 10.1. The Morgan fingerprint density at radius 3 is 2.82 bits per heavy atom. The summed E-state index contributed by atoms with van der Waals surface area (Å²) in [7, 11) is 0. The zero-order chi connectivity index (χ0) is 11.7. The summed E-state index contributed by atoms with van der Waals surface area (Å²) in [4.78, 5) is 14.2. The average Bonchev–Trinajstić information content (AvgIpc) is 2.73. The van der Waals surface area contributed by atoms with E-state index < -0.39 is 0 Å². The molecule has 90 valence electrons. The Morgan fingerprint density at radius 2 is 2.00 bits per heavy atom. The van der Waals surface area contributed by atoms with Crippen LogP contribution in [0.2, 0.25) is 0 Å². The third-order valence-corrected chi connectivity index (χ3v) is 4.55. The van der Waals surface area contributed by atoms with Gasteiger partial charge in [-0.15, -0.1) is 0 Å². The minimum absolute atomic E-state index is 0.330. The van der Waals surface area contributed by atoms with Crippen LogP contribution in [0.1, 0.15) is 27.9 Å². The van der Waals surface area contributed by atoms with E-state index in [2.05, 4.69) is 23.1 Å². The summed E-state index contributed by atoms with van der Waals surface area (Å²) in [6.45, 7) is 3.35. The molecule has 0 N–H and O–H groups in total. The van der Waals surface area contributed by atoms with Crippen molar-refractivity contribution in [1.29, 1.82) is 0 Å². The molecule has 0 saturated carbocycles. The molecule has 0 amide bonds. The molecular formula is C14H17NOS. The Balaban J connectivity index is 1.75. The van der Waals surface area contributed by atoms with Crippen molar-refractivity contribution in [1.82, 2.24) is 4.90 Å². The number of rotatable bonds is 2. The lowest BCUT2D eigenvalue weighted by Gasteiger charge is -2.26. The number of carbonyl (C=O) groups is 1. The van der Waals surface area contributed by atoms with E-state index >= 15 is 0 Å². The van der Waals surface area contributed by atoms with Crippen molar-refractivity contribution in [2.24, 2.45) is 0 Å². The molecule has 0 spiro atoms. The number of ketones is 1. The Kier molecular flexibility index (Phi) is 3.21. The molecule has 1 heterocycles. The quantitative estimate of drug-likeness (QED) is 0.800. The number of fused-ring (bicyclic) bond motifs is 1. The van der Waals surface area contributed by atoms with Crippen LogP contribution < -0.4 is 0 Å². The maximum absolute atomic E-state index is 11.7. The van der Waals surface area contributed by atoms with Gasteiger partial charge in [0.05, 0.1) is 0 Å². The van der Waals surface area contributed by atoms with Crippen LogP contribution in [0.15, 0.2) is 18.2 Å². The van der Waals surface area contributed by atoms with E-state index in [4.69, 9.17) is 0 Å². The van der Waals surface area contributed by atoms with Gasteiger partial charge in [0.1, 0.15) is 0 Å². The lowest BCUT2D eigenvalue weighted by molar-refractivity contribution is 0.0994. The van der Waals surface area contributed by atoms with Gasteiger partial charge in [0, 0.05) is 43.1 Å². The van der Waals surface area contributed by atoms with Gasteiger partial charge in [-0.3, -0.25) is 9.69 Å². The number of aryl methyl sites for hydroxylation is 1. The van der Waals surface area contributed by atoms with Gasteiger partial charge < -0.3 is 0 Å². The van der Waals surface area contributed by atoms with Crippen LogP contribution in [0, 0.1) is 0 Å². The molecule has 3 rings (SSSR count). The highest BCUT2D eigenvalue weighted by Crippen LogP contribution is 2.24. The molecular weight excluding hydrogens is 230 g/mol. The lowest BCUT2D eigenvalue weighted by Crippen LogP contribution is -2.31. The molecule has 0 atom stereocenters. The predicted molar refractivity (Wildman–Crippen MR) is 71.7 cm³/mol.